The van der Waals surface area contributed by atoms with Crippen molar-refractivity contribution in [2.45, 2.75) is 6.42 Å². The lowest BCUT2D eigenvalue weighted by atomic mass is 10.1. The van der Waals surface area contributed by atoms with Gasteiger partial charge in [-0.05, 0) is 42.3 Å². The first-order valence-electron chi connectivity index (χ1n) is 6.35. The Kier molecular flexibility index (Phi) is 3.76. The lowest BCUT2D eigenvalue weighted by Crippen LogP contribution is -2.04. The number of thiazole rings is 1. The van der Waals surface area contributed by atoms with E-state index in [9.17, 15) is 0 Å². The number of anilines is 2. The summed E-state index contributed by atoms with van der Waals surface area (Å²) in [5, 5.41) is 5.05. The van der Waals surface area contributed by atoms with Crippen molar-refractivity contribution in [3.05, 3.63) is 53.1 Å². The van der Waals surface area contributed by atoms with Crippen molar-refractivity contribution < 1.29 is 0 Å². The number of hydrogen-bond acceptors (Lipinski definition) is 4. The van der Waals surface area contributed by atoms with Gasteiger partial charge in [-0.1, -0.05) is 35.1 Å². The molecular weight excluding hydrogens is 290 g/mol. The maximum atomic E-state index is 5.87. The van der Waals surface area contributed by atoms with Crippen LogP contribution < -0.4 is 11.1 Å². The quantitative estimate of drug-likeness (QED) is 0.711. The van der Waals surface area contributed by atoms with Gasteiger partial charge in [0.05, 0.1) is 10.2 Å². The largest absolute Gasteiger partial charge is 0.399 e. The molecule has 0 saturated heterocycles. The summed E-state index contributed by atoms with van der Waals surface area (Å²) in [5.41, 5.74) is 8.78. The molecule has 0 amide bonds. The topological polar surface area (TPSA) is 50.9 Å². The molecule has 0 aliphatic heterocycles. The standard InChI is InChI=1S/C15H14ClN3S/c16-11-3-1-10(2-4-11)7-8-18-15-19-13-6-5-12(17)9-14(13)20-15/h1-6,9H,7-8,17H2,(H,18,19). The number of nitrogens with zero attached hydrogens (tertiary/aromatic N) is 1. The van der Waals surface area contributed by atoms with Crippen LogP contribution in [0, 0.1) is 0 Å². The minimum atomic E-state index is 0.769. The summed E-state index contributed by atoms with van der Waals surface area (Å²) in [7, 11) is 0. The van der Waals surface area contributed by atoms with Crippen LogP contribution in [0.2, 0.25) is 5.02 Å². The van der Waals surface area contributed by atoms with E-state index < -0.39 is 0 Å². The fraction of sp³-hybridized carbons (Fsp3) is 0.133. The molecule has 1 aromatic heterocycles. The van der Waals surface area contributed by atoms with Crippen molar-refractivity contribution in [1.82, 2.24) is 4.98 Å². The molecule has 1 heterocycles. The van der Waals surface area contributed by atoms with Gasteiger partial charge in [0.1, 0.15) is 0 Å². The third-order valence-electron chi connectivity index (χ3n) is 3.02. The number of fused-ring (bicyclic) bond motifs is 1. The molecule has 0 bridgehead atoms. The van der Waals surface area contributed by atoms with Crippen molar-refractivity contribution in [3.8, 4) is 0 Å². The second-order valence-electron chi connectivity index (χ2n) is 4.55. The molecule has 0 aliphatic carbocycles. The Labute approximate surface area is 126 Å². The second kappa shape index (κ2) is 5.69. The average Bonchev–Trinajstić information content (AvgIpc) is 2.83. The summed E-state index contributed by atoms with van der Waals surface area (Å²) in [5.74, 6) is 0. The van der Waals surface area contributed by atoms with Gasteiger partial charge in [0.15, 0.2) is 5.13 Å². The fourth-order valence-corrected chi connectivity index (χ4v) is 3.05. The van der Waals surface area contributed by atoms with E-state index in [0.29, 0.717) is 0 Å². The van der Waals surface area contributed by atoms with Crippen LogP contribution in [-0.4, -0.2) is 11.5 Å². The van der Waals surface area contributed by atoms with E-state index in [1.165, 1.54) is 5.56 Å². The highest BCUT2D eigenvalue weighted by Gasteiger charge is 2.03. The van der Waals surface area contributed by atoms with E-state index in [4.69, 9.17) is 17.3 Å². The van der Waals surface area contributed by atoms with E-state index in [1.807, 2.05) is 42.5 Å². The molecule has 0 spiro atoms. The third-order valence-corrected chi connectivity index (χ3v) is 4.24. The Morgan fingerprint density at radius 3 is 2.75 bits per heavy atom. The van der Waals surface area contributed by atoms with Crippen LogP contribution in [0.25, 0.3) is 10.2 Å². The minimum Gasteiger partial charge on any atom is -0.399 e. The molecule has 3 rings (SSSR count). The molecule has 0 unspecified atom stereocenters. The molecule has 0 radical (unpaired) electrons. The van der Waals surface area contributed by atoms with E-state index in [2.05, 4.69) is 10.3 Å². The summed E-state index contributed by atoms with van der Waals surface area (Å²) < 4.78 is 1.11. The van der Waals surface area contributed by atoms with Crippen LogP contribution >= 0.6 is 22.9 Å². The predicted molar refractivity (Wildman–Crippen MR) is 87.7 cm³/mol. The summed E-state index contributed by atoms with van der Waals surface area (Å²) >= 11 is 7.49. The number of benzene rings is 2. The van der Waals surface area contributed by atoms with E-state index >= 15 is 0 Å². The van der Waals surface area contributed by atoms with Crippen LogP contribution in [0.4, 0.5) is 10.8 Å². The number of halogens is 1. The summed E-state index contributed by atoms with van der Waals surface area (Å²) in [6.07, 6.45) is 0.940. The molecule has 5 heteroatoms. The molecule has 2 aromatic carbocycles. The first-order valence-corrected chi connectivity index (χ1v) is 7.54. The lowest BCUT2D eigenvalue weighted by molar-refractivity contribution is 1.02. The smallest absolute Gasteiger partial charge is 0.183 e. The highest BCUT2D eigenvalue weighted by molar-refractivity contribution is 7.22. The number of hydrogen-bond donors (Lipinski definition) is 2. The molecule has 3 nitrogen and oxygen atoms in total. The maximum absolute atomic E-state index is 5.87. The van der Waals surface area contributed by atoms with Crippen molar-refractivity contribution >= 4 is 44.0 Å². The molecule has 3 N–H and O–H groups in total. The Morgan fingerprint density at radius 1 is 1.15 bits per heavy atom. The summed E-state index contributed by atoms with van der Waals surface area (Å²) in [6, 6.07) is 13.7. The first kappa shape index (κ1) is 13.2. The Balaban J connectivity index is 1.63. The van der Waals surface area contributed by atoms with Crippen LogP contribution in [0.1, 0.15) is 5.56 Å². The van der Waals surface area contributed by atoms with Gasteiger partial charge in [-0.15, -0.1) is 0 Å². The summed E-state index contributed by atoms with van der Waals surface area (Å²) in [6.45, 7) is 0.844. The van der Waals surface area contributed by atoms with E-state index in [1.54, 1.807) is 11.3 Å². The fourth-order valence-electron chi connectivity index (χ4n) is 1.98. The van der Waals surface area contributed by atoms with Gasteiger partial charge in [0, 0.05) is 17.3 Å². The number of nitrogen functional groups attached to an aromatic ring is 1. The van der Waals surface area contributed by atoms with Crippen LogP contribution in [0.5, 0.6) is 0 Å². The minimum absolute atomic E-state index is 0.769. The first-order chi connectivity index (χ1) is 9.70. The average molecular weight is 304 g/mol. The van der Waals surface area contributed by atoms with Crippen molar-refractivity contribution in [2.24, 2.45) is 0 Å². The van der Waals surface area contributed by atoms with Gasteiger partial charge in [-0.25, -0.2) is 4.98 Å². The number of nitrogens with two attached hydrogens (primary N) is 1. The Bertz CT molecular complexity index is 722. The van der Waals surface area contributed by atoms with Gasteiger partial charge < -0.3 is 11.1 Å². The Hall–Kier alpha value is -1.78. The normalized spacial score (nSPS) is 10.8. The molecular formula is C15H14ClN3S. The van der Waals surface area contributed by atoms with Gasteiger partial charge >= 0.3 is 0 Å². The van der Waals surface area contributed by atoms with Crippen molar-refractivity contribution in [2.75, 3.05) is 17.6 Å². The monoisotopic (exact) mass is 303 g/mol. The molecule has 0 atom stereocenters. The third kappa shape index (κ3) is 3.03. The molecule has 102 valence electrons. The zero-order valence-electron chi connectivity index (χ0n) is 10.8. The van der Waals surface area contributed by atoms with Crippen LogP contribution in [0.3, 0.4) is 0 Å². The Morgan fingerprint density at radius 2 is 1.95 bits per heavy atom. The van der Waals surface area contributed by atoms with Crippen LogP contribution in [-0.2, 0) is 6.42 Å². The van der Waals surface area contributed by atoms with Gasteiger partial charge in [0.25, 0.3) is 0 Å². The number of aromatic nitrogens is 1. The summed E-state index contributed by atoms with van der Waals surface area (Å²) in [4.78, 5) is 4.53. The van der Waals surface area contributed by atoms with E-state index in [0.717, 1.165) is 39.0 Å². The van der Waals surface area contributed by atoms with Gasteiger partial charge in [0.2, 0.25) is 0 Å². The van der Waals surface area contributed by atoms with Crippen LogP contribution in [0.15, 0.2) is 42.5 Å². The van der Waals surface area contributed by atoms with Gasteiger partial charge in [-0.2, -0.15) is 0 Å². The highest BCUT2D eigenvalue weighted by Crippen LogP contribution is 2.27. The predicted octanol–water partition coefficient (Wildman–Crippen LogP) is 4.19. The van der Waals surface area contributed by atoms with Gasteiger partial charge in [-0.3, -0.25) is 0 Å². The maximum Gasteiger partial charge on any atom is 0.183 e. The molecule has 0 saturated carbocycles. The zero-order chi connectivity index (χ0) is 13.9. The van der Waals surface area contributed by atoms with Crippen molar-refractivity contribution in [3.63, 3.8) is 0 Å². The van der Waals surface area contributed by atoms with Crippen molar-refractivity contribution in [1.29, 1.82) is 0 Å². The van der Waals surface area contributed by atoms with E-state index in [-0.39, 0.29) is 0 Å². The zero-order valence-corrected chi connectivity index (χ0v) is 12.3. The second-order valence-corrected chi connectivity index (χ2v) is 6.02. The molecule has 20 heavy (non-hydrogen) atoms. The number of rotatable bonds is 4. The number of nitrogens with one attached hydrogen (secondary N) is 1. The highest BCUT2D eigenvalue weighted by atomic mass is 35.5. The molecule has 0 aliphatic rings. The molecule has 3 aromatic rings. The lowest BCUT2D eigenvalue weighted by Gasteiger charge is -2.02. The SMILES string of the molecule is Nc1ccc2nc(NCCc3ccc(Cl)cc3)sc2c1. The molecule has 0 fully saturated rings.